The van der Waals surface area contributed by atoms with Crippen molar-refractivity contribution in [3.8, 4) is 0 Å². The summed E-state index contributed by atoms with van der Waals surface area (Å²) in [5, 5.41) is 3.47. The molecule has 1 heterocycles. The van der Waals surface area contributed by atoms with E-state index in [4.69, 9.17) is 0 Å². The summed E-state index contributed by atoms with van der Waals surface area (Å²) in [6, 6.07) is 0. The van der Waals surface area contributed by atoms with Crippen LogP contribution >= 0.6 is 10.9 Å². The monoisotopic (exact) mass is 133 g/mol. The average Bonchev–Trinajstić information content (AvgIpc) is 1.82. The third-order valence-corrected chi connectivity index (χ3v) is 3.52. The van der Waals surface area contributed by atoms with Crippen molar-refractivity contribution in [2.45, 2.75) is 19.4 Å². The van der Waals surface area contributed by atoms with Gasteiger partial charge in [0.15, 0.2) is 0 Å². The molecule has 1 nitrogen and oxygen atoms in total. The first-order valence-corrected chi connectivity index (χ1v) is 5.20. The molecule has 0 aliphatic carbocycles. The van der Waals surface area contributed by atoms with Crippen LogP contribution in [0.5, 0.6) is 0 Å². The van der Waals surface area contributed by atoms with Gasteiger partial charge in [0.25, 0.3) is 0 Å². The molecule has 0 aromatic rings. The molecule has 1 fully saturated rings. The van der Waals surface area contributed by atoms with Crippen LogP contribution in [0.4, 0.5) is 0 Å². The topological polar surface area (TPSA) is 12.0 Å². The van der Waals surface area contributed by atoms with E-state index in [2.05, 4.69) is 25.4 Å². The fourth-order valence-electron chi connectivity index (χ4n) is 1.14. The lowest BCUT2D eigenvalue weighted by molar-refractivity contribution is 0.491. The second kappa shape index (κ2) is 1.92. The molecule has 50 valence electrons. The minimum Gasteiger partial charge on any atom is -0.304 e. The summed E-state index contributed by atoms with van der Waals surface area (Å²) in [5.74, 6) is 2.66. The smallest absolute Gasteiger partial charge is 0.0241 e. The first-order chi connectivity index (χ1) is 3.60. The second-order valence-electron chi connectivity index (χ2n) is 3.23. The van der Waals surface area contributed by atoms with E-state index in [1.807, 2.05) is 0 Å². The van der Waals surface area contributed by atoms with Crippen molar-refractivity contribution in [2.75, 3.05) is 17.9 Å². The van der Waals surface area contributed by atoms with Crippen LogP contribution in [-0.2, 0) is 0 Å². The zero-order valence-electron chi connectivity index (χ0n) is 5.86. The maximum absolute atomic E-state index is 3.47. The van der Waals surface area contributed by atoms with Gasteiger partial charge in [-0.1, -0.05) is 0 Å². The molecular weight excluding hydrogens is 118 g/mol. The predicted octanol–water partition coefficient (Wildman–Crippen LogP) is 0.957. The second-order valence-corrected chi connectivity index (χ2v) is 5.58. The Labute approximate surface area is 54.2 Å². The molecular formula is C6H15NS. The van der Waals surface area contributed by atoms with Gasteiger partial charge in [-0.05, 0) is 25.9 Å². The van der Waals surface area contributed by atoms with Crippen LogP contribution in [-0.4, -0.2) is 23.4 Å². The highest BCUT2D eigenvalue weighted by molar-refractivity contribution is 8.16. The maximum atomic E-state index is 3.47. The third kappa shape index (κ3) is 1.39. The van der Waals surface area contributed by atoms with Crippen molar-refractivity contribution < 1.29 is 0 Å². The van der Waals surface area contributed by atoms with Gasteiger partial charge in [0.05, 0.1) is 0 Å². The minimum atomic E-state index is 0.336. The Bertz CT molecular complexity index is 90.5. The molecule has 1 aliphatic heterocycles. The highest BCUT2D eigenvalue weighted by Gasteiger charge is 2.24. The van der Waals surface area contributed by atoms with Gasteiger partial charge in [0, 0.05) is 11.4 Å². The van der Waals surface area contributed by atoms with E-state index >= 15 is 0 Å². The Morgan fingerprint density at radius 3 is 2.25 bits per heavy atom. The molecule has 1 atom stereocenters. The Balaban J connectivity index is 2.44. The van der Waals surface area contributed by atoms with E-state index in [-0.39, 0.29) is 0 Å². The van der Waals surface area contributed by atoms with Gasteiger partial charge in [-0.2, -0.15) is 0 Å². The summed E-state index contributed by atoms with van der Waals surface area (Å²) in [4.78, 5) is 0. The van der Waals surface area contributed by atoms with E-state index in [1.165, 1.54) is 11.6 Å². The van der Waals surface area contributed by atoms with Gasteiger partial charge >= 0.3 is 0 Å². The number of rotatable bonds is 0. The van der Waals surface area contributed by atoms with Crippen molar-refractivity contribution in [3.63, 3.8) is 0 Å². The maximum Gasteiger partial charge on any atom is 0.0241 e. The van der Waals surface area contributed by atoms with Gasteiger partial charge in [0.2, 0.25) is 0 Å². The average molecular weight is 133 g/mol. The fourth-order valence-corrected chi connectivity index (χ4v) is 3.41. The largest absolute Gasteiger partial charge is 0.304 e. The first kappa shape index (κ1) is 6.43. The number of nitrogens with one attached hydrogen (secondary N) is 1. The molecule has 1 N–H and O–H groups in total. The van der Waals surface area contributed by atoms with E-state index < -0.39 is 0 Å². The summed E-state index contributed by atoms with van der Waals surface area (Å²) in [6.45, 7) is 4.55. The van der Waals surface area contributed by atoms with Crippen LogP contribution < -0.4 is 5.32 Å². The summed E-state index contributed by atoms with van der Waals surface area (Å²) < 4.78 is 0. The van der Waals surface area contributed by atoms with Gasteiger partial charge in [-0.25, -0.2) is 10.9 Å². The SMILES string of the molecule is C[SH]1CNC(C)(C)C1. The van der Waals surface area contributed by atoms with E-state index in [0.29, 0.717) is 16.4 Å². The lowest BCUT2D eigenvalue weighted by Gasteiger charge is -2.16. The van der Waals surface area contributed by atoms with E-state index in [9.17, 15) is 0 Å². The lowest BCUT2D eigenvalue weighted by Crippen LogP contribution is -2.34. The van der Waals surface area contributed by atoms with E-state index in [1.54, 1.807) is 0 Å². The molecule has 0 radical (unpaired) electrons. The third-order valence-electron chi connectivity index (χ3n) is 1.49. The molecule has 1 rings (SSSR count). The Morgan fingerprint density at radius 2 is 2.12 bits per heavy atom. The highest BCUT2D eigenvalue weighted by atomic mass is 32.2. The first-order valence-electron chi connectivity index (χ1n) is 3.04. The molecule has 0 saturated carbocycles. The van der Waals surface area contributed by atoms with Crippen LogP contribution in [0.25, 0.3) is 0 Å². The number of thiol groups is 1. The van der Waals surface area contributed by atoms with Gasteiger partial charge < -0.3 is 5.32 Å². The lowest BCUT2D eigenvalue weighted by atomic mass is 10.1. The standard InChI is InChI=1S/C6H15NS/c1-6(2)4-8(3)5-7-6/h7-8H,4-5H2,1-3H3. The summed E-state index contributed by atoms with van der Waals surface area (Å²) >= 11 is 0. The van der Waals surface area contributed by atoms with Crippen LogP contribution in [0.2, 0.25) is 0 Å². The molecule has 0 aromatic carbocycles. The molecule has 2 heteroatoms. The molecule has 1 unspecified atom stereocenters. The van der Waals surface area contributed by atoms with Crippen molar-refractivity contribution in [1.82, 2.24) is 5.32 Å². The molecule has 0 spiro atoms. The van der Waals surface area contributed by atoms with Crippen molar-refractivity contribution in [1.29, 1.82) is 0 Å². The molecule has 0 aromatic heterocycles. The Kier molecular flexibility index (Phi) is 1.54. The fraction of sp³-hybridized carbons (Fsp3) is 1.00. The van der Waals surface area contributed by atoms with Crippen molar-refractivity contribution in [3.05, 3.63) is 0 Å². The van der Waals surface area contributed by atoms with Crippen molar-refractivity contribution in [2.24, 2.45) is 0 Å². The summed E-state index contributed by atoms with van der Waals surface area (Å²) in [7, 11) is 0.336. The molecule has 8 heavy (non-hydrogen) atoms. The number of hydrogen-bond acceptors (Lipinski definition) is 1. The van der Waals surface area contributed by atoms with Crippen LogP contribution in [0.3, 0.4) is 0 Å². The van der Waals surface area contributed by atoms with Crippen molar-refractivity contribution >= 4 is 10.9 Å². The van der Waals surface area contributed by atoms with Gasteiger partial charge in [-0.3, -0.25) is 0 Å². The zero-order valence-corrected chi connectivity index (χ0v) is 6.76. The normalized spacial score (nSPS) is 40.1. The Hall–Kier alpha value is 0.310. The summed E-state index contributed by atoms with van der Waals surface area (Å²) in [5.41, 5.74) is 0.445. The molecule has 1 aliphatic rings. The predicted molar refractivity (Wildman–Crippen MR) is 41.9 cm³/mol. The van der Waals surface area contributed by atoms with Crippen LogP contribution in [0.15, 0.2) is 0 Å². The minimum absolute atomic E-state index is 0.336. The van der Waals surface area contributed by atoms with E-state index in [0.717, 1.165) is 0 Å². The highest BCUT2D eigenvalue weighted by Crippen LogP contribution is 2.30. The van der Waals surface area contributed by atoms with Gasteiger partial charge in [0.1, 0.15) is 0 Å². The quantitative estimate of drug-likeness (QED) is 0.469. The van der Waals surface area contributed by atoms with Crippen LogP contribution in [0, 0.1) is 0 Å². The molecule has 0 amide bonds. The summed E-state index contributed by atoms with van der Waals surface area (Å²) in [6.07, 6.45) is 2.36. The van der Waals surface area contributed by atoms with Gasteiger partial charge in [-0.15, -0.1) is 0 Å². The van der Waals surface area contributed by atoms with Crippen LogP contribution in [0.1, 0.15) is 13.8 Å². The Morgan fingerprint density at radius 1 is 1.50 bits per heavy atom. The molecule has 0 bridgehead atoms. The molecule has 1 saturated heterocycles. The number of hydrogen-bond donors (Lipinski definition) is 2. The zero-order chi connectivity index (χ0) is 6.20.